The standard InChI is InChI=1S/C37H65N7O7/c1-5-20-39-35(49)32(26(4)45)42-34(48)30-18-13-22-43(30)36(50)25(3)40-33(47)29-17-10-12-21-44(29)37(51)28(16-9-11-19-38)41-31(46)23-24(2)27-14-7-6-8-15-27/h24-30,32,45H,5-23,38H2,1-4H3,(H,39,49)(H,40,47)(H,41,46)(H,42,48)/t24-,25-,26?,28-,29-,30-,32-/m0/s1. The summed E-state index contributed by atoms with van der Waals surface area (Å²) in [6, 6.07) is -4.58. The van der Waals surface area contributed by atoms with Crippen LogP contribution in [-0.2, 0) is 28.8 Å². The van der Waals surface area contributed by atoms with E-state index in [0.29, 0.717) is 83.5 Å². The number of rotatable bonds is 18. The van der Waals surface area contributed by atoms with Crippen molar-refractivity contribution >= 4 is 35.4 Å². The first-order chi connectivity index (χ1) is 24.4. The third-order valence-electron chi connectivity index (χ3n) is 10.8. The first-order valence-electron chi connectivity index (χ1n) is 19.6. The molecule has 6 amide bonds. The van der Waals surface area contributed by atoms with Gasteiger partial charge in [-0.25, -0.2) is 0 Å². The molecule has 3 rings (SSSR count). The predicted octanol–water partition coefficient (Wildman–Crippen LogP) is 1.48. The van der Waals surface area contributed by atoms with Crippen LogP contribution in [0.2, 0.25) is 0 Å². The number of likely N-dealkylation sites (tertiary alicyclic amines) is 2. The summed E-state index contributed by atoms with van der Waals surface area (Å²) in [7, 11) is 0. The molecule has 2 aliphatic heterocycles. The van der Waals surface area contributed by atoms with Crippen molar-refractivity contribution in [2.45, 2.75) is 160 Å². The number of hydrogen-bond acceptors (Lipinski definition) is 8. The van der Waals surface area contributed by atoms with Crippen molar-refractivity contribution in [2.75, 3.05) is 26.2 Å². The highest BCUT2D eigenvalue weighted by molar-refractivity contribution is 5.96. The zero-order valence-electron chi connectivity index (χ0n) is 31.4. The Kier molecular flexibility index (Phi) is 17.6. The van der Waals surface area contributed by atoms with E-state index in [1.807, 2.05) is 6.92 Å². The second kappa shape index (κ2) is 21.3. The van der Waals surface area contributed by atoms with Crippen LogP contribution in [0.4, 0.5) is 0 Å². The number of hydrogen-bond donors (Lipinski definition) is 6. The quantitative estimate of drug-likeness (QED) is 0.114. The van der Waals surface area contributed by atoms with E-state index in [-0.39, 0.29) is 17.7 Å². The van der Waals surface area contributed by atoms with Gasteiger partial charge in [0.05, 0.1) is 6.10 Å². The van der Waals surface area contributed by atoms with E-state index >= 15 is 0 Å². The summed E-state index contributed by atoms with van der Waals surface area (Å²) < 4.78 is 0. The van der Waals surface area contributed by atoms with Crippen molar-refractivity contribution in [3.63, 3.8) is 0 Å². The Morgan fingerprint density at radius 2 is 1.37 bits per heavy atom. The molecule has 7 N–H and O–H groups in total. The lowest BCUT2D eigenvalue weighted by molar-refractivity contribution is -0.147. The van der Waals surface area contributed by atoms with Gasteiger partial charge in [-0.3, -0.25) is 28.8 Å². The van der Waals surface area contributed by atoms with Crippen LogP contribution in [0.15, 0.2) is 0 Å². The van der Waals surface area contributed by atoms with E-state index in [1.54, 1.807) is 11.8 Å². The molecule has 1 aliphatic carbocycles. The molecule has 14 nitrogen and oxygen atoms in total. The molecule has 51 heavy (non-hydrogen) atoms. The molecular weight excluding hydrogens is 654 g/mol. The van der Waals surface area contributed by atoms with E-state index in [4.69, 9.17) is 5.73 Å². The van der Waals surface area contributed by atoms with Crippen molar-refractivity contribution in [2.24, 2.45) is 17.6 Å². The van der Waals surface area contributed by atoms with Gasteiger partial charge in [-0.05, 0) is 90.0 Å². The number of aliphatic hydroxyl groups is 1. The second-order valence-corrected chi connectivity index (χ2v) is 15.0. The highest BCUT2D eigenvalue weighted by Gasteiger charge is 2.41. The summed E-state index contributed by atoms with van der Waals surface area (Å²) >= 11 is 0. The summed E-state index contributed by atoms with van der Waals surface area (Å²) in [6.07, 6.45) is 10.4. The molecule has 0 radical (unpaired) electrons. The maximum atomic E-state index is 14.1. The molecule has 2 heterocycles. The number of amides is 6. The molecule has 0 aromatic carbocycles. The van der Waals surface area contributed by atoms with E-state index in [2.05, 4.69) is 28.2 Å². The molecule has 1 unspecified atom stereocenters. The average Bonchev–Trinajstić information content (AvgIpc) is 3.62. The van der Waals surface area contributed by atoms with Gasteiger partial charge in [-0.2, -0.15) is 0 Å². The third kappa shape index (κ3) is 12.4. The number of unbranched alkanes of at least 4 members (excludes halogenated alkanes) is 1. The topological polar surface area (TPSA) is 203 Å². The maximum Gasteiger partial charge on any atom is 0.245 e. The van der Waals surface area contributed by atoms with Gasteiger partial charge in [-0.1, -0.05) is 46.0 Å². The van der Waals surface area contributed by atoms with Gasteiger partial charge in [0, 0.05) is 26.1 Å². The Morgan fingerprint density at radius 3 is 2.02 bits per heavy atom. The highest BCUT2D eigenvalue weighted by atomic mass is 16.3. The van der Waals surface area contributed by atoms with E-state index in [1.165, 1.54) is 31.1 Å². The van der Waals surface area contributed by atoms with Crippen molar-refractivity contribution < 1.29 is 33.9 Å². The minimum atomic E-state index is -1.17. The zero-order chi connectivity index (χ0) is 37.5. The summed E-state index contributed by atoms with van der Waals surface area (Å²) in [5, 5.41) is 21.3. The Hall–Kier alpha value is -3.26. The lowest BCUT2D eigenvalue weighted by Gasteiger charge is -2.38. The molecule has 0 aromatic rings. The Labute approximate surface area is 304 Å². The summed E-state index contributed by atoms with van der Waals surface area (Å²) in [6.45, 7) is 8.53. The van der Waals surface area contributed by atoms with Crippen LogP contribution in [0.3, 0.4) is 0 Å². The second-order valence-electron chi connectivity index (χ2n) is 15.0. The molecule has 1 saturated carbocycles. The number of carbonyl (C=O) groups excluding carboxylic acids is 6. The minimum absolute atomic E-state index is 0.151. The van der Waals surface area contributed by atoms with Gasteiger partial charge in [-0.15, -0.1) is 0 Å². The summed E-state index contributed by atoms with van der Waals surface area (Å²) in [5.74, 6) is -1.65. The fraction of sp³-hybridized carbons (Fsp3) is 0.838. The van der Waals surface area contributed by atoms with Crippen molar-refractivity contribution in [3.05, 3.63) is 0 Å². The third-order valence-corrected chi connectivity index (χ3v) is 10.8. The molecular formula is C37H65N7O7. The van der Waals surface area contributed by atoms with Crippen LogP contribution in [0.25, 0.3) is 0 Å². The Bertz CT molecular complexity index is 1180. The van der Waals surface area contributed by atoms with E-state index < -0.39 is 59.9 Å². The van der Waals surface area contributed by atoms with Crippen molar-refractivity contribution in [1.82, 2.24) is 31.1 Å². The first-order valence-corrected chi connectivity index (χ1v) is 19.6. The normalized spacial score (nSPS) is 22.6. The molecule has 0 bridgehead atoms. The van der Waals surface area contributed by atoms with Crippen LogP contribution >= 0.6 is 0 Å². The van der Waals surface area contributed by atoms with Crippen molar-refractivity contribution in [3.8, 4) is 0 Å². The van der Waals surface area contributed by atoms with Gasteiger partial charge < -0.3 is 41.9 Å². The number of nitrogens with two attached hydrogens (primary N) is 1. The van der Waals surface area contributed by atoms with Gasteiger partial charge >= 0.3 is 0 Å². The fourth-order valence-electron chi connectivity index (χ4n) is 7.77. The Balaban J connectivity index is 1.65. The molecule has 2 saturated heterocycles. The number of carbonyl (C=O) groups is 6. The molecule has 14 heteroatoms. The zero-order valence-corrected chi connectivity index (χ0v) is 31.4. The van der Waals surface area contributed by atoms with Gasteiger partial charge in [0.15, 0.2) is 0 Å². The molecule has 3 fully saturated rings. The van der Waals surface area contributed by atoms with E-state index in [0.717, 1.165) is 25.7 Å². The van der Waals surface area contributed by atoms with Crippen LogP contribution in [-0.4, -0.2) is 113 Å². The monoisotopic (exact) mass is 719 g/mol. The number of aliphatic hydroxyl groups excluding tert-OH is 1. The smallest absolute Gasteiger partial charge is 0.245 e. The highest BCUT2D eigenvalue weighted by Crippen LogP contribution is 2.31. The fourth-order valence-corrected chi connectivity index (χ4v) is 7.77. The molecule has 3 aliphatic rings. The summed E-state index contributed by atoms with van der Waals surface area (Å²) in [5.41, 5.74) is 5.73. The lowest BCUT2D eigenvalue weighted by Crippen LogP contribution is -2.60. The average molecular weight is 720 g/mol. The lowest BCUT2D eigenvalue weighted by atomic mass is 9.79. The van der Waals surface area contributed by atoms with Crippen molar-refractivity contribution in [1.29, 1.82) is 0 Å². The molecule has 7 atom stereocenters. The SMILES string of the molecule is CCCNC(=O)[C@@H](NC(=O)[C@@H]1CCCN1C(=O)[C@H](C)NC(=O)[C@@H]1CCCCN1C(=O)[C@H](CCCCN)NC(=O)C[C@H](C)C1CCCCC1)C(C)O. The van der Waals surface area contributed by atoms with Crippen LogP contribution in [0.1, 0.15) is 124 Å². The molecule has 0 spiro atoms. The number of nitrogens with zero attached hydrogens (tertiary/aromatic N) is 2. The number of piperidine rings is 1. The summed E-state index contributed by atoms with van der Waals surface area (Å²) in [4.78, 5) is 83.5. The number of nitrogens with one attached hydrogen (secondary N) is 4. The van der Waals surface area contributed by atoms with Gasteiger partial charge in [0.2, 0.25) is 35.4 Å². The van der Waals surface area contributed by atoms with Crippen LogP contribution in [0, 0.1) is 11.8 Å². The van der Waals surface area contributed by atoms with E-state index in [9.17, 15) is 33.9 Å². The van der Waals surface area contributed by atoms with Gasteiger partial charge in [0.1, 0.15) is 30.2 Å². The van der Waals surface area contributed by atoms with Crippen LogP contribution in [0.5, 0.6) is 0 Å². The maximum absolute atomic E-state index is 14.1. The minimum Gasteiger partial charge on any atom is -0.391 e. The van der Waals surface area contributed by atoms with Crippen LogP contribution < -0.4 is 27.0 Å². The molecule has 0 aromatic heterocycles. The predicted molar refractivity (Wildman–Crippen MR) is 194 cm³/mol. The molecule has 290 valence electrons. The first kappa shape index (κ1) is 42.2. The Morgan fingerprint density at radius 1 is 0.765 bits per heavy atom. The van der Waals surface area contributed by atoms with Gasteiger partial charge in [0.25, 0.3) is 0 Å². The largest absolute Gasteiger partial charge is 0.391 e.